The van der Waals surface area contributed by atoms with Crippen LogP contribution in [0.1, 0.15) is 18.4 Å². The number of hydrogen-bond donors (Lipinski definition) is 1. The third kappa shape index (κ3) is 5.87. The average molecular weight is 413 g/mol. The van der Waals surface area contributed by atoms with Gasteiger partial charge >= 0.3 is 6.36 Å². The summed E-state index contributed by atoms with van der Waals surface area (Å²) in [6.07, 6.45) is -3.08. The quantitative estimate of drug-likeness (QED) is 0.743. The maximum absolute atomic E-state index is 12.6. The van der Waals surface area contributed by atoms with E-state index in [0.29, 0.717) is 23.8 Å². The van der Waals surface area contributed by atoms with E-state index in [9.17, 15) is 18.0 Å². The van der Waals surface area contributed by atoms with Gasteiger partial charge in [0.15, 0.2) is 0 Å². The van der Waals surface area contributed by atoms with Gasteiger partial charge in [-0.2, -0.15) is 0 Å². The van der Waals surface area contributed by atoms with Crippen LogP contribution in [0.25, 0.3) is 0 Å². The highest BCUT2D eigenvalue weighted by Gasteiger charge is 2.31. The molecule has 1 fully saturated rings. The van der Waals surface area contributed by atoms with Crippen LogP contribution in [0.5, 0.6) is 5.75 Å². The molecule has 28 heavy (non-hydrogen) atoms. The summed E-state index contributed by atoms with van der Waals surface area (Å²) in [7, 11) is 0. The number of nitrogens with zero attached hydrogens (tertiary/aromatic N) is 1. The maximum Gasteiger partial charge on any atom is 0.573 e. The van der Waals surface area contributed by atoms with Crippen LogP contribution in [0, 0.1) is 5.92 Å². The number of ether oxygens (including phenoxy) is 1. The molecule has 1 amide bonds. The molecular formula is C20H20ClF3N2O2. The van der Waals surface area contributed by atoms with Crippen LogP contribution in [-0.2, 0) is 11.3 Å². The summed E-state index contributed by atoms with van der Waals surface area (Å²) in [6.45, 7) is 2.16. The van der Waals surface area contributed by atoms with Gasteiger partial charge in [0, 0.05) is 23.8 Å². The average Bonchev–Trinajstić information content (AvgIpc) is 2.64. The highest BCUT2D eigenvalue weighted by atomic mass is 35.5. The Labute approximate surface area is 166 Å². The van der Waals surface area contributed by atoms with Crippen molar-refractivity contribution in [3.05, 3.63) is 59.1 Å². The number of nitrogens with one attached hydrogen (secondary N) is 1. The molecule has 0 radical (unpaired) electrons. The van der Waals surface area contributed by atoms with Gasteiger partial charge in [-0.05, 0) is 55.3 Å². The lowest BCUT2D eigenvalue weighted by atomic mass is 9.96. The molecule has 3 rings (SSSR count). The summed E-state index contributed by atoms with van der Waals surface area (Å²) in [4.78, 5) is 14.8. The van der Waals surface area contributed by atoms with E-state index in [1.165, 1.54) is 24.3 Å². The molecule has 0 aliphatic carbocycles. The second kappa shape index (κ2) is 8.84. The van der Waals surface area contributed by atoms with Crippen LogP contribution in [0.15, 0.2) is 48.5 Å². The summed E-state index contributed by atoms with van der Waals surface area (Å²) in [6, 6.07) is 12.8. The lowest BCUT2D eigenvalue weighted by Gasteiger charge is -2.32. The molecule has 1 N–H and O–H groups in total. The van der Waals surface area contributed by atoms with Crippen LogP contribution >= 0.6 is 11.6 Å². The van der Waals surface area contributed by atoms with Gasteiger partial charge in [0.05, 0.1) is 5.92 Å². The Hall–Kier alpha value is -2.25. The molecular weight excluding hydrogens is 393 g/mol. The Kier molecular flexibility index (Phi) is 6.46. The van der Waals surface area contributed by atoms with Crippen LogP contribution < -0.4 is 10.1 Å². The topological polar surface area (TPSA) is 41.6 Å². The van der Waals surface area contributed by atoms with Crippen molar-refractivity contribution in [2.24, 2.45) is 5.92 Å². The summed E-state index contributed by atoms with van der Waals surface area (Å²) < 4.78 is 40.5. The lowest BCUT2D eigenvalue weighted by Crippen LogP contribution is -2.40. The summed E-state index contributed by atoms with van der Waals surface area (Å²) in [5.74, 6) is -0.662. The summed E-state index contributed by atoms with van der Waals surface area (Å²) in [5.41, 5.74) is 1.45. The summed E-state index contributed by atoms with van der Waals surface area (Å²) in [5, 5.41) is 3.47. The third-order valence-corrected chi connectivity index (χ3v) is 4.95. The Morgan fingerprint density at radius 2 is 1.89 bits per heavy atom. The van der Waals surface area contributed by atoms with E-state index in [2.05, 4.69) is 15.0 Å². The molecule has 2 aromatic rings. The predicted molar refractivity (Wildman–Crippen MR) is 101 cm³/mol. The van der Waals surface area contributed by atoms with Gasteiger partial charge in [0.25, 0.3) is 0 Å². The smallest absolute Gasteiger partial charge is 0.406 e. The van der Waals surface area contributed by atoms with E-state index in [1.807, 2.05) is 24.3 Å². The fourth-order valence-electron chi connectivity index (χ4n) is 3.26. The molecule has 2 aromatic carbocycles. The zero-order valence-electron chi connectivity index (χ0n) is 15.0. The molecule has 0 saturated carbocycles. The van der Waals surface area contributed by atoms with Gasteiger partial charge < -0.3 is 10.1 Å². The minimum Gasteiger partial charge on any atom is -0.406 e. The van der Waals surface area contributed by atoms with Gasteiger partial charge in [-0.1, -0.05) is 29.8 Å². The number of carbonyl (C=O) groups is 1. The SMILES string of the molecule is O=C(Nc1ccc(OC(F)(F)F)cc1)[C@H]1CCCN(Cc2ccccc2Cl)C1. The van der Waals surface area contributed by atoms with Crippen molar-refractivity contribution in [2.45, 2.75) is 25.7 Å². The Balaban J connectivity index is 1.56. The molecule has 150 valence electrons. The van der Waals surface area contributed by atoms with Crippen molar-refractivity contribution in [1.82, 2.24) is 4.90 Å². The number of halogens is 4. The van der Waals surface area contributed by atoms with Crippen molar-refractivity contribution < 1.29 is 22.7 Å². The predicted octanol–water partition coefficient (Wildman–Crippen LogP) is 5.09. The Morgan fingerprint density at radius 3 is 2.57 bits per heavy atom. The summed E-state index contributed by atoms with van der Waals surface area (Å²) >= 11 is 6.22. The van der Waals surface area contributed by atoms with Crippen LogP contribution in [-0.4, -0.2) is 30.3 Å². The molecule has 1 atom stereocenters. The number of amides is 1. The first-order valence-corrected chi connectivity index (χ1v) is 9.30. The number of likely N-dealkylation sites (tertiary alicyclic amines) is 1. The van der Waals surface area contributed by atoms with Crippen molar-refractivity contribution >= 4 is 23.2 Å². The third-order valence-electron chi connectivity index (χ3n) is 4.58. The van der Waals surface area contributed by atoms with E-state index in [0.717, 1.165) is 24.9 Å². The van der Waals surface area contributed by atoms with E-state index in [-0.39, 0.29) is 17.6 Å². The normalized spacial score (nSPS) is 17.9. The van der Waals surface area contributed by atoms with E-state index in [1.54, 1.807) is 0 Å². The van der Waals surface area contributed by atoms with Crippen LogP contribution in [0.3, 0.4) is 0 Å². The van der Waals surface area contributed by atoms with E-state index < -0.39 is 6.36 Å². The molecule has 0 aromatic heterocycles. The Bertz CT molecular complexity index is 812. The standard InChI is InChI=1S/C20H20ClF3N2O2/c21-18-6-2-1-4-14(18)12-26-11-3-5-15(13-26)19(27)25-16-7-9-17(10-8-16)28-20(22,23)24/h1-2,4,6-10,15H,3,5,11-13H2,(H,25,27)/t15-/m0/s1. The number of benzene rings is 2. The highest BCUT2D eigenvalue weighted by Crippen LogP contribution is 2.26. The number of carbonyl (C=O) groups excluding carboxylic acids is 1. The zero-order valence-corrected chi connectivity index (χ0v) is 15.8. The molecule has 1 aliphatic rings. The second-order valence-electron chi connectivity index (χ2n) is 6.73. The molecule has 0 spiro atoms. The van der Waals surface area contributed by atoms with E-state index in [4.69, 9.17) is 11.6 Å². The van der Waals surface area contributed by atoms with Gasteiger partial charge in [-0.25, -0.2) is 0 Å². The lowest BCUT2D eigenvalue weighted by molar-refractivity contribution is -0.274. The zero-order chi connectivity index (χ0) is 20.1. The first kappa shape index (κ1) is 20.5. The van der Waals surface area contributed by atoms with Crippen molar-refractivity contribution in [3.63, 3.8) is 0 Å². The largest absolute Gasteiger partial charge is 0.573 e. The van der Waals surface area contributed by atoms with Crippen LogP contribution in [0.2, 0.25) is 5.02 Å². The van der Waals surface area contributed by atoms with Crippen molar-refractivity contribution in [3.8, 4) is 5.75 Å². The van der Waals surface area contributed by atoms with Gasteiger partial charge in [0.1, 0.15) is 5.75 Å². The van der Waals surface area contributed by atoms with Crippen LogP contribution in [0.4, 0.5) is 18.9 Å². The van der Waals surface area contributed by atoms with Gasteiger partial charge in [-0.15, -0.1) is 13.2 Å². The number of anilines is 1. The highest BCUT2D eigenvalue weighted by molar-refractivity contribution is 6.31. The fourth-order valence-corrected chi connectivity index (χ4v) is 3.46. The minimum absolute atomic E-state index is 0.145. The molecule has 0 unspecified atom stereocenters. The molecule has 4 nitrogen and oxygen atoms in total. The molecule has 1 aliphatic heterocycles. The number of rotatable bonds is 5. The van der Waals surface area contributed by atoms with Crippen molar-refractivity contribution in [2.75, 3.05) is 18.4 Å². The minimum atomic E-state index is -4.74. The first-order chi connectivity index (χ1) is 13.3. The molecule has 0 bridgehead atoms. The number of hydrogen-bond acceptors (Lipinski definition) is 3. The molecule has 1 saturated heterocycles. The van der Waals surface area contributed by atoms with Gasteiger partial charge in [0.2, 0.25) is 5.91 Å². The molecule has 8 heteroatoms. The first-order valence-electron chi connectivity index (χ1n) is 8.92. The monoisotopic (exact) mass is 412 g/mol. The maximum atomic E-state index is 12.6. The second-order valence-corrected chi connectivity index (χ2v) is 7.13. The fraction of sp³-hybridized carbons (Fsp3) is 0.350. The number of piperidine rings is 1. The van der Waals surface area contributed by atoms with Crippen molar-refractivity contribution in [1.29, 1.82) is 0 Å². The number of alkyl halides is 3. The molecule has 1 heterocycles. The Morgan fingerprint density at radius 1 is 1.18 bits per heavy atom. The van der Waals surface area contributed by atoms with E-state index >= 15 is 0 Å². The van der Waals surface area contributed by atoms with Gasteiger partial charge in [-0.3, -0.25) is 9.69 Å².